The second-order valence-corrected chi connectivity index (χ2v) is 8.83. The predicted octanol–water partition coefficient (Wildman–Crippen LogP) is 4.02. The number of aliphatic hydroxyl groups is 2. The summed E-state index contributed by atoms with van der Waals surface area (Å²) in [5, 5.41) is 20.8. The van der Waals surface area contributed by atoms with Crippen LogP contribution in [-0.2, 0) is 0 Å². The Balaban J connectivity index is 1.80. The Labute approximate surface area is 166 Å². The summed E-state index contributed by atoms with van der Waals surface area (Å²) in [5.74, 6) is 7.27. The minimum Gasteiger partial charge on any atom is -0.392 e. The van der Waals surface area contributed by atoms with E-state index in [1.807, 2.05) is 19.9 Å². The van der Waals surface area contributed by atoms with Gasteiger partial charge in [-0.1, -0.05) is 37.1 Å². The van der Waals surface area contributed by atoms with Gasteiger partial charge in [0.05, 0.1) is 12.2 Å². The quantitative estimate of drug-likeness (QED) is 0.345. The lowest BCUT2D eigenvalue weighted by atomic mass is 9.88. The summed E-state index contributed by atoms with van der Waals surface area (Å²) < 4.78 is 0. The van der Waals surface area contributed by atoms with Crippen LogP contribution in [0.5, 0.6) is 0 Å². The first-order valence-corrected chi connectivity index (χ1v) is 10.7. The fraction of sp³-hybridized carbons (Fsp3) is 0.750. The topological polar surface area (TPSA) is 43.7 Å². The van der Waals surface area contributed by atoms with Crippen molar-refractivity contribution in [3.63, 3.8) is 0 Å². The highest BCUT2D eigenvalue weighted by Gasteiger charge is 2.43. The number of fused-ring (bicyclic) bond motifs is 1. The average Bonchev–Trinajstić information content (AvgIpc) is 3.13. The van der Waals surface area contributed by atoms with Crippen molar-refractivity contribution in [3.05, 3.63) is 23.8 Å². The molecule has 3 nitrogen and oxygen atoms in total. The van der Waals surface area contributed by atoms with Crippen molar-refractivity contribution in [1.82, 2.24) is 4.90 Å². The molecule has 0 spiro atoms. The van der Waals surface area contributed by atoms with E-state index in [9.17, 15) is 10.2 Å². The molecule has 6 atom stereocenters. The van der Waals surface area contributed by atoms with Crippen LogP contribution < -0.4 is 0 Å². The van der Waals surface area contributed by atoms with Gasteiger partial charge in [-0.3, -0.25) is 0 Å². The molecule has 0 aromatic heterocycles. The monoisotopic (exact) mass is 373 g/mol. The Morgan fingerprint density at radius 3 is 2.78 bits per heavy atom. The lowest BCUT2D eigenvalue weighted by Crippen LogP contribution is -2.19. The molecular weight excluding hydrogens is 334 g/mol. The molecule has 1 saturated carbocycles. The van der Waals surface area contributed by atoms with Gasteiger partial charge in [0.2, 0.25) is 0 Å². The highest BCUT2D eigenvalue weighted by atomic mass is 16.3. The van der Waals surface area contributed by atoms with E-state index < -0.39 is 6.10 Å². The molecule has 0 saturated heterocycles. The zero-order valence-electron chi connectivity index (χ0n) is 17.7. The third kappa shape index (κ3) is 6.79. The van der Waals surface area contributed by atoms with Crippen molar-refractivity contribution in [2.75, 3.05) is 20.6 Å². The van der Waals surface area contributed by atoms with Gasteiger partial charge in [-0.05, 0) is 77.4 Å². The zero-order chi connectivity index (χ0) is 19.8. The summed E-state index contributed by atoms with van der Waals surface area (Å²) in [4.78, 5) is 2.25. The Morgan fingerprint density at radius 1 is 1.30 bits per heavy atom. The maximum Gasteiger partial charge on any atom is 0.0755 e. The van der Waals surface area contributed by atoms with E-state index in [-0.39, 0.29) is 17.9 Å². The second kappa shape index (κ2) is 11.1. The van der Waals surface area contributed by atoms with Gasteiger partial charge in [0, 0.05) is 12.3 Å². The lowest BCUT2D eigenvalue weighted by Gasteiger charge is -2.20. The van der Waals surface area contributed by atoms with Crippen LogP contribution in [0, 0.1) is 35.5 Å². The molecule has 3 heteroatoms. The van der Waals surface area contributed by atoms with Crippen LogP contribution in [-0.4, -0.2) is 48.0 Å². The van der Waals surface area contributed by atoms with E-state index in [0.717, 1.165) is 12.8 Å². The van der Waals surface area contributed by atoms with Gasteiger partial charge in [0.15, 0.2) is 0 Å². The molecular formula is C24H39NO2. The second-order valence-electron chi connectivity index (χ2n) is 8.83. The van der Waals surface area contributed by atoms with Crippen LogP contribution in [0.3, 0.4) is 0 Å². The Bertz CT molecular complexity index is 569. The first kappa shape index (κ1) is 22.2. The SMILES string of the molecule is CC#CC[C@H](C)[C@@H](O)/C=C/[C@@H]1[C@H]2CC(CCCCCN(C)C)=C[C@H]2C[C@H]1O. The molecule has 0 aliphatic heterocycles. The molecule has 0 aromatic rings. The summed E-state index contributed by atoms with van der Waals surface area (Å²) in [6, 6.07) is 0. The smallest absolute Gasteiger partial charge is 0.0755 e. The van der Waals surface area contributed by atoms with E-state index in [1.165, 1.54) is 32.2 Å². The van der Waals surface area contributed by atoms with Gasteiger partial charge >= 0.3 is 0 Å². The first-order chi connectivity index (χ1) is 12.9. The number of nitrogens with zero attached hydrogens (tertiary/aromatic N) is 1. The van der Waals surface area contributed by atoms with Crippen molar-refractivity contribution < 1.29 is 10.2 Å². The van der Waals surface area contributed by atoms with Crippen LogP contribution in [0.2, 0.25) is 0 Å². The van der Waals surface area contributed by atoms with Crippen molar-refractivity contribution in [2.45, 2.75) is 71.0 Å². The van der Waals surface area contributed by atoms with Gasteiger partial charge in [-0.15, -0.1) is 11.8 Å². The Kier molecular flexibility index (Phi) is 9.09. The fourth-order valence-corrected chi connectivity index (χ4v) is 4.56. The maximum atomic E-state index is 10.5. The van der Waals surface area contributed by atoms with Crippen LogP contribution in [0.1, 0.15) is 58.8 Å². The minimum atomic E-state index is -0.484. The van der Waals surface area contributed by atoms with Crippen molar-refractivity contribution in [3.8, 4) is 11.8 Å². The normalized spacial score (nSPS) is 29.5. The van der Waals surface area contributed by atoms with E-state index >= 15 is 0 Å². The molecule has 0 aromatic carbocycles. The third-order valence-electron chi connectivity index (χ3n) is 6.27. The minimum absolute atomic E-state index is 0.127. The molecule has 2 N–H and O–H groups in total. The number of hydrogen-bond acceptors (Lipinski definition) is 3. The molecule has 0 bridgehead atoms. The van der Waals surface area contributed by atoms with Gasteiger partial charge in [0.25, 0.3) is 0 Å². The molecule has 0 amide bonds. The standard InChI is InChI=1S/C24H39NO2/c1-5-6-10-18(2)23(26)13-12-21-22-16-19(15-20(22)17-24(21)27)11-8-7-9-14-25(3)4/h12-13,15,18,20-24,26-27H,7-11,14,16-17H2,1-4H3/b13-12+/t18-,20-,21+,22-,23-,24+/m0/s1. The van der Waals surface area contributed by atoms with Crippen LogP contribution in [0.25, 0.3) is 0 Å². The first-order valence-electron chi connectivity index (χ1n) is 10.7. The lowest BCUT2D eigenvalue weighted by molar-refractivity contribution is 0.137. The van der Waals surface area contributed by atoms with E-state index in [2.05, 4.69) is 43.0 Å². The van der Waals surface area contributed by atoms with Gasteiger partial charge in [0.1, 0.15) is 0 Å². The molecule has 152 valence electrons. The number of aliphatic hydroxyl groups excluding tert-OH is 2. The summed E-state index contributed by atoms with van der Waals surface area (Å²) in [5.41, 5.74) is 1.59. The summed E-state index contributed by atoms with van der Waals surface area (Å²) in [6.45, 7) is 5.03. The molecule has 2 rings (SSSR count). The van der Waals surface area contributed by atoms with Crippen LogP contribution in [0.15, 0.2) is 23.8 Å². The zero-order valence-corrected chi connectivity index (χ0v) is 17.7. The molecule has 27 heavy (non-hydrogen) atoms. The number of rotatable bonds is 10. The molecule has 2 aliphatic carbocycles. The molecule has 0 unspecified atom stereocenters. The summed E-state index contributed by atoms with van der Waals surface area (Å²) >= 11 is 0. The van der Waals surface area contributed by atoms with Crippen LogP contribution >= 0.6 is 0 Å². The molecule has 1 fully saturated rings. The fourth-order valence-electron chi connectivity index (χ4n) is 4.56. The summed E-state index contributed by atoms with van der Waals surface area (Å²) in [6.07, 6.45) is 13.4. The number of allylic oxidation sites excluding steroid dienone is 2. The average molecular weight is 374 g/mol. The Hall–Kier alpha value is -1.08. The largest absolute Gasteiger partial charge is 0.392 e. The maximum absolute atomic E-state index is 10.5. The van der Waals surface area contributed by atoms with Crippen molar-refractivity contribution >= 4 is 0 Å². The highest BCUT2D eigenvalue weighted by Crippen LogP contribution is 2.48. The van der Waals surface area contributed by atoms with E-state index in [4.69, 9.17) is 0 Å². The number of unbranched alkanes of at least 4 members (excludes halogenated alkanes) is 2. The van der Waals surface area contributed by atoms with E-state index in [1.54, 1.807) is 5.57 Å². The molecule has 0 heterocycles. The van der Waals surface area contributed by atoms with Crippen LogP contribution in [0.4, 0.5) is 0 Å². The van der Waals surface area contributed by atoms with Crippen molar-refractivity contribution in [2.24, 2.45) is 23.7 Å². The van der Waals surface area contributed by atoms with E-state index in [0.29, 0.717) is 18.3 Å². The van der Waals surface area contributed by atoms with Gasteiger partial charge in [-0.25, -0.2) is 0 Å². The molecule has 0 radical (unpaired) electrons. The highest BCUT2D eigenvalue weighted by molar-refractivity contribution is 5.21. The third-order valence-corrected chi connectivity index (χ3v) is 6.27. The predicted molar refractivity (Wildman–Crippen MR) is 113 cm³/mol. The van der Waals surface area contributed by atoms with Gasteiger partial charge < -0.3 is 15.1 Å². The number of hydrogen-bond donors (Lipinski definition) is 2. The van der Waals surface area contributed by atoms with Crippen molar-refractivity contribution in [1.29, 1.82) is 0 Å². The summed E-state index contributed by atoms with van der Waals surface area (Å²) in [7, 11) is 4.27. The van der Waals surface area contributed by atoms with Gasteiger partial charge in [-0.2, -0.15) is 0 Å². The Morgan fingerprint density at radius 2 is 2.07 bits per heavy atom. The molecule has 2 aliphatic rings.